The van der Waals surface area contributed by atoms with Gasteiger partial charge in [0.25, 0.3) is 5.91 Å². The standard InChI is InChI=1S/C19H20N4O/c24-19(16-6-8-17(9-7-16)21-11-1-2-12-21)23-14-3-5-18(23)15-22-13-4-10-20-22/h1-2,4,6-13,18H,3,5,14-15H2/t18-/m0/s1. The Bertz CT molecular complexity index is 791. The van der Waals surface area contributed by atoms with Gasteiger partial charge in [0.05, 0.1) is 12.6 Å². The molecule has 3 aromatic rings. The van der Waals surface area contributed by atoms with Crippen LogP contribution in [-0.4, -0.2) is 37.7 Å². The van der Waals surface area contributed by atoms with Crippen molar-refractivity contribution in [2.75, 3.05) is 6.54 Å². The number of rotatable bonds is 4. The summed E-state index contributed by atoms with van der Waals surface area (Å²) in [5.41, 5.74) is 1.81. The first-order valence-corrected chi connectivity index (χ1v) is 8.33. The first kappa shape index (κ1) is 14.8. The van der Waals surface area contributed by atoms with Gasteiger partial charge in [-0.3, -0.25) is 9.48 Å². The third kappa shape index (κ3) is 2.85. The number of hydrogen-bond acceptors (Lipinski definition) is 2. The smallest absolute Gasteiger partial charge is 0.254 e. The number of benzene rings is 1. The van der Waals surface area contributed by atoms with Gasteiger partial charge >= 0.3 is 0 Å². The van der Waals surface area contributed by atoms with Crippen molar-refractivity contribution in [3.63, 3.8) is 0 Å². The molecular weight excluding hydrogens is 300 g/mol. The molecule has 0 unspecified atom stereocenters. The largest absolute Gasteiger partial charge is 0.334 e. The highest BCUT2D eigenvalue weighted by Gasteiger charge is 2.29. The van der Waals surface area contributed by atoms with Crippen LogP contribution in [0.15, 0.2) is 67.3 Å². The molecule has 5 nitrogen and oxygen atoms in total. The maximum atomic E-state index is 12.9. The Labute approximate surface area is 141 Å². The van der Waals surface area contributed by atoms with Gasteiger partial charge in [0.1, 0.15) is 0 Å². The van der Waals surface area contributed by atoms with Crippen molar-refractivity contribution in [3.8, 4) is 5.69 Å². The van der Waals surface area contributed by atoms with Crippen molar-refractivity contribution in [1.29, 1.82) is 0 Å². The van der Waals surface area contributed by atoms with Gasteiger partial charge < -0.3 is 9.47 Å². The molecule has 0 radical (unpaired) electrons. The van der Waals surface area contributed by atoms with Crippen molar-refractivity contribution in [2.45, 2.75) is 25.4 Å². The zero-order valence-corrected chi connectivity index (χ0v) is 13.5. The monoisotopic (exact) mass is 320 g/mol. The summed E-state index contributed by atoms with van der Waals surface area (Å²) in [6, 6.07) is 13.9. The molecule has 1 saturated heterocycles. The maximum Gasteiger partial charge on any atom is 0.254 e. The van der Waals surface area contributed by atoms with Crippen LogP contribution in [-0.2, 0) is 6.54 Å². The number of carbonyl (C=O) groups is 1. The Balaban J connectivity index is 1.50. The van der Waals surface area contributed by atoms with Crippen LogP contribution >= 0.6 is 0 Å². The topological polar surface area (TPSA) is 43.1 Å². The average Bonchev–Trinajstić information content (AvgIpc) is 3.37. The molecule has 0 N–H and O–H groups in total. The van der Waals surface area contributed by atoms with Gasteiger partial charge in [-0.25, -0.2) is 0 Å². The third-order valence-electron chi connectivity index (χ3n) is 4.61. The fraction of sp³-hybridized carbons (Fsp3) is 0.263. The van der Waals surface area contributed by atoms with Gasteiger partial charge in [-0.15, -0.1) is 0 Å². The van der Waals surface area contributed by atoms with E-state index in [0.717, 1.165) is 37.2 Å². The SMILES string of the molecule is O=C(c1ccc(-n2cccc2)cc1)N1CCC[C@H]1Cn1cccn1. The van der Waals surface area contributed by atoms with Crippen molar-refractivity contribution >= 4 is 5.91 Å². The lowest BCUT2D eigenvalue weighted by Crippen LogP contribution is -2.38. The second-order valence-corrected chi connectivity index (χ2v) is 6.16. The summed E-state index contributed by atoms with van der Waals surface area (Å²) >= 11 is 0. The van der Waals surface area contributed by atoms with E-state index in [2.05, 4.69) is 5.10 Å². The maximum absolute atomic E-state index is 12.9. The first-order valence-electron chi connectivity index (χ1n) is 8.33. The Morgan fingerprint density at radius 1 is 1.08 bits per heavy atom. The summed E-state index contributed by atoms with van der Waals surface area (Å²) in [6.07, 6.45) is 9.81. The molecule has 1 aromatic carbocycles. The molecule has 24 heavy (non-hydrogen) atoms. The lowest BCUT2D eigenvalue weighted by molar-refractivity contribution is 0.0721. The molecule has 0 aliphatic carbocycles. The molecule has 2 aromatic heterocycles. The van der Waals surface area contributed by atoms with E-state index >= 15 is 0 Å². The highest BCUT2D eigenvalue weighted by atomic mass is 16.2. The Morgan fingerprint density at radius 3 is 2.58 bits per heavy atom. The van der Waals surface area contributed by atoms with Crippen molar-refractivity contribution < 1.29 is 4.79 Å². The second-order valence-electron chi connectivity index (χ2n) is 6.16. The molecule has 1 amide bonds. The highest BCUT2D eigenvalue weighted by molar-refractivity contribution is 5.94. The molecule has 0 spiro atoms. The van der Waals surface area contributed by atoms with Crippen molar-refractivity contribution in [3.05, 3.63) is 72.8 Å². The van der Waals surface area contributed by atoms with Gasteiger partial charge in [0.2, 0.25) is 0 Å². The number of nitrogens with zero attached hydrogens (tertiary/aromatic N) is 4. The number of carbonyl (C=O) groups excluding carboxylic acids is 1. The van der Waals surface area contributed by atoms with Gasteiger partial charge in [0, 0.05) is 42.6 Å². The van der Waals surface area contributed by atoms with E-state index in [4.69, 9.17) is 0 Å². The molecule has 122 valence electrons. The lowest BCUT2D eigenvalue weighted by Gasteiger charge is -2.25. The van der Waals surface area contributed by atoms with Crippen LogP contribution < -0.4 is 0 Å². The summed E-state index contributed by atoms with van der Waals surface area (Å²) in [4.78, 5) is 14.9. The van der Waals surface area contributed by atoms with Crippen LogP contribution in [0.2, 0.25) is 0 Å². The molecule has 1 atom stereocenters. The number of amides is 1. The first-order chi connectivity index (χ1) is 11.8. The van der Waals surface area contributed by atoms with Crippen LogP contribution in [0.1, 0.15) is 23.2 Å². The van der Waals surface area contributed by atoms with E-state index in [1.54, 1.807) is 6.20 Å². The minimum atomic E-state index is 0.115. The van der Waals surface area contributed by atoms with Gasteiger partial charge in [0.15, 0.2) is 0 Å². The van der Waals surface area contributed by atoms with E-state index < -0.39 is 0 Å². The van der Waals surface area contributed by atoms with Crippen LogP contribution in [0.5, 0.6) is 0 Å². The van der Waals surface area contributed by atoms with E-state index in [9.17, 15) is 4.79 Å². The minimum Gasteiger partial charge on any atom is -0.334 e. The number of aromatic nitrogens is 3. The molecule has 3 heterocycles. The Hall–Kier alpha value is -2.82. The van der Waals surface area contributed by atoms with Gasteiger partial charge in [-0.2, -0.15) is 5.10 Å². The second kappa shape index (κ2) is 6.35. The van der Waals surface area contributed by atoms with E-state index in [1.807, 2.05) is 75.2 Å². The summed E-state index contributed by atoms with van der Waals surface area (Å²) in [5, 5.41) is 4.26. The number of hydrogen-bond donors (Lipinski definition) is 0. The van der Waals surface area contributed by atoms with Crippen LogP contribution in [0.4, 0.5) is 0 Å². The Morgan fingerprint density at radius 2 is 1.88 bits per heavy atom. The van der Waals surface area contributed by atoms with Crippen molar-refractivity contribution in [2.24, 2.45) is 0 Å². The van der Waals surface area contributed by atoms with Crippen LogP contribution in [0.25, 0.3) is 5.69 Å². The summed E-state index contributed by atoms with van der Waals surface area (Å²) < 4.78 is 3.94. The van der Waals surface area contributed by atoms with E-state index in [-0.39, 0.29) is 11.9 Å². The molecule has 4 rings (SSSR count). The molecule has 0 saturated carbocycles. The highest BCUT2D eigenvalue weighted by Crippen LogP contribution is 2.22. The van der Waals surface area contributed by atoms with Crippen molar-refractivity contribution in [1.82, 2.24) is 19.2 Å². The fourth-order valence-corrected chi connectivity index (χ4v) is 3.37. The average molecular weight is 320 g/mol. The van der Waals surface area contributed by atoms with Crippen LogP contribution in [0, 0.1) is 0 Å². The summed E-state index contributed by atoms with van der Waals surface area (Å²) in [7, 11) is 0. The van der Waals surface area contributed by atoms with E-state index in [1.165, 1.54) is 0 Å². The summed E-state index contributed by atoms with van der Waals surface area (Å²) in [5.74, 6) is 0.115. The predicted octanol–water partition coefficient (Wildman–Crippen LogP) is 2.98. The Kier molecular flexibility index (Phi) is 3.91. The minimum absolute atomic E-state index is 0.115. The zero-order valence-electron chi connectivity index (χ0n) is 13.5. The molecule has 1 aliphatic rings. The fourth-order valence-electron chi connectivity index (χ4n) is 3.37. The molecule has 5 heteroatoms. The van der Waals surface area contributed by atoms with Crippen LogP contribution in [0.3, 0.4) is 0 Å². The lowest BCUT2D eigenvalue weighted by atomic mass is 10.1. The molecule has 1 aliphatic heterocycles. The molecular formula is C19H20N4O. The third-order valence-corrected chi connectivity index (χ3v) is 4.61. The quantitative estimate of drug-likeness (QED) is 0.742. The zero-order chi connectivity index (χ0) is 16.4. The normalized spacial score (nSPS) is 17.3. The van der Waals surface area contributed by atoms with Gasteiger partial charge in [-0.1, -0.05) is 0 Å². The van der Waals surface area contributed by atoms with E-state index in [0.29, 0.717) is 0 Å². The molecule has 1 fully saturated rings. The van der Waals surface area contributed by atoms with Gasteiger partial charge in [-0.05, 0) is 55.3 Å². The summed E-state index contributed by atoms with van der Waals surface area (Å²) in [6.45, 7) is 1.59. The molecule has 0 bridgehead atoms. The predicted molar refractivity (Wildman–Crippen MR) is 92.1 cm³/mol. The number of likely N-dealkylation sites (tertiary alicyclic amines) is 1.